The number of imide groups is 1. The molecule has 166 valence electrons. The van der Waals surface area contributed by atoms with Gasteiger partial charge in [0.05, 0.1) is 24.0 Å². The molecular weight excluding hydrogens is 422 g/mol. The van der Waals surface area contributed by atoms with Crippen molar-refractivity contribution in [2.24, 2.45) is 11.5 Å². The van der Waals surface area contributed by atoms with Crippen LogP contribution in [0.2, 0.25) is 0 Å². The summed E-state index contributed by atoms with van der Waals surface area (Å²) in [4.78, 5) is 64.7. The number of aliphatic carboxylic acids is 3. The molecule has 1 heterocycles. The average molecular weight is 445 g/mol. The Morgan fingerprint density at radius 1 is 1.10 bits per heavy atom. The first kappa shape index (κ1) is 25.1. The Bertz CT molecular complexity index is 772. The van der Waals surface area contributed by atoms with Crippen LogP contribution < -0.4 is 11.5 Å². The number of nitrogens with zero attached hydrogens (tertiary/aromatic N) is 2. The highest BCUT2D eigenvalue weighted by Crippen LogP contribution is 2.31. The van der Waals surface area contributed by atoms with Crippen molar-refractivity contribution in [2.45, 2.75) is 36.6 Å². The Labute approximate surface area is 174 Å². The van der Waals surface area contributed by atoms with E-state index in [0.29, 0.717) is 10.6 Å². The minimum atomic E-state index is -1.46. The fourth-order valence-electron chi connectivity index (χ4n) is 2.31. The Kier molecular flexibility index (Phi) is 9.94. The van der Waals surface area contributed by atoms with Gasteiger partial charge >= 0.3 is 17.9 Å². The Morgan fingerprint density at radius 3 is 2.27 bits per heavy atom. The van der Waals surface area contributed by atoms with Gasteiger partial charge in [0.2, 0.25) is 11.8 Å². The minimum Gasteiger partial charge on any atom is -0.481 e. The van der Waals surface area contributed by atoms with E-state index in [9.17, 15) is 24.0 Å². The summed E-state index contributed by atoms with van der Waals surface area (Å²) in [6.07, 6.45) is 1.77. The fourth-order valence-corrected chi connectivity index (χ4v) is 3.46. The normalized spacial score (nSPS) is 13.8. The molecule has 0 aromatic carbocycles. The summed E-state index contributed by atoms with van der Waals surface area (Å²) in [5.41, 5.74) is 11.6. The Hall–Kier alpha value is -2.97. The van der Waals surface area contributed by atoms with Crippen LogP contribution in [-0.4, -0.2) is 84.3 Å². The standard InChI is InChI=1S/C16H23N5O8S/c17-8(16(28)29)1-2-12(22)21(5-14(25)26)15(27)9(18)6-30-11(3-13(23)24)10-4-19-7-20-10/h4,7-9,11H,1-3,5-6,17-18H2,(H,19,20)(H,23,24)(H,25,26)(H,28,29)/t8-,9-,11?/m0/s1. The number of aromatic amines is 1. The molecule has 1 aromatic rings. The number of hydrogen-bond donors (Lipinski definition) is 6. The second-order valence-corrected chi connectivity index (χ2v) is 7.46. The van der Waals surface area contributed by atoms with E-state index in [0.717, 1.165) is 11.8 Å². The maximum atomic E-state index is 12.5. The summed E-state index contributed by atoms with van der Waals surface area (Å²) in [5.74, 6) is -5.88. The predicted octanol–water partition coefficient (Wildman–Crippen LogP) is -1.38. The molecule has 14 heteroatoms. The number of thioether (sulfide) groups is 1. The number of imidazole rings is 1. The SMILES string of the molecule is N[C@@H](CCC(=O)N(CC(=O)O)C(=O)[C@@H](N)CSC(CC(=O)O)c1cnc[nH]1)C(=O)O. The van der Waals surface area contributed by atoms with Crippen LogP contribution in [0.5, 0.6) is 0 Å². The van der Waals surface area contributed by atoms with E-state index in [1.807, 2.05) is 0 Å². The van der Waals surface area contributed by atoms with Crippen LogP contribution in [0.3, 0.4) is 0 Å². The van der Waals surface area contributed by atoms with E-state index < -0.39 is 60.0 Å². The second-order valence-electron chi connectivity index (χ2n) is 6.23. The lowest BCUT2D eigenvalue weighted by Gasteiger charge is -2.23. The maximum absolute atomic E-state index is 12.5. The number of nitrogens with one attached hydrogen (secondary N) is 1. The number of hydrogen-bond acceptors (Lipinski definition) is 9. The van der Waals surface area contributed by atoms with Gasteiger partial charge in [-0.15, -0.1) is 11.8 Å². The number of amides is 2. The highest BCUT2D eigenvalue weighted by Gasteiger charge is 2.30. The maximum Gasteiger partial charge on any atom is 0.323 e. The van der Waals surface area contributed by atoms with Gasteiger partial charge in [-0.05, 0) is 6.42 Å². The molecule has 0 saturated heterocycles. The quantitative estimate of drug-likeness (QED) is 0.206. The van der Waals surface area contributed by atoms with Crippen LogP contribution in [0.25, 0.3) is 0 Å². The number of carboxylic acids is 3. The lowest BCUT2D eigenvalue weighted by atomic mass is 10.1. The number of nitrogens with two attached hydrogens (primary N) is 2. The van der Waals surface area contributed by atoms with Crippen molar-refractivity contribution in [1.29, 1.82) is 0 Å². The van der Waals surface area contributed by atoms with Gasteiger partial charge < -0.3 is 31.8 Å². The van der Waals surface area contributed by atoms with Gasteiger partial charge in [-0.3, -0.25) is 28.9 Å². The Balaban J connectivity index is 2.79. The van der Waals surface area contributed by atoms with Crippen molar-refractivity contribution in [2.75, 3.05) is 12.3 Å². The average Bonchev–Trinajstić information content (AvgIpc) is 3.20. The molecule has 1 rings (SSSR count). The van der Waals surface area contributed by atoms with E-state index in [-0.39, 0.29) is 18.6 Å². The van der Waals surface area contributed by atoms with Gasteiger partial charge in [-0.25, -0.2) is 4.98 Å². The van der Waals surface area contributed by atoms with Crippen LogP contribution in [0.4, 0.5) is 0 Å². The first-order valence-corrected chi connectivity index (χ1v) is 9.69. The summed E-state index contributed by atoms with van der Waals surface area (Å²) in [7, 11) is 0. The molecule has 0 aliphatic carbocycles. The number of carbonyl (C=O) groups is 5. The van der Waals surface area contributed by atoms with Gasteiger partial charge in [-0.1, -0.05) is 0 Å². The highest BCUT2D eigenvalue weighted by atomic mass is 32.2. The zero-order chi connectivity index (χ0) is 22.8. The molecule has 1 aromatic heterocycles. The summed E-state index contributed by atoms with van der Waals surface area (Å²) < 4.78 is 0. The molecule has 0 bridgehead atoms. The summed E-state index contributed by atoms with van der Waals surface area (Å²) in [5, 5.41) is 26.2. The number of H-pyrrole nitrogens is 1. The Morgan fingerprint density at radius 2 is 1.77 bits per heavy atom. The first-order valence-electron chi connectivity index (χ1n) is 8.64. The topological polar surface area (TPSA) is 230 Å². The fraction of sp³-hybridized carbons (Fsp3) is 0.500. The number of aromatic nitrogens is 2. The van der Waals surface area contributed by atoms with Crippen LogP contribution in [0, 0.1) is 0 Å². The lowest BCUT2D eigenvalue weighted by Crippen LogP contribution is -2.50. The monoisotopic (exact) mass is 445 g/mol. The van der Waals surface area contributed by atoms with E-state index in [1.54, 1.807) is 0 Å². The summed E-state index contributed by atoms with van der Waals surface area (Å²) in [6.45, 7) is -0.947. The van der Waals surface area contributed by atoms with Crippen LogP contribution in [0.1, 0.15) is 30.2 Å². The van der Waals surface area contributed by atoms with Crippen molar-refractivity contribution >= 4 is 41.5 Å². The summed E-state index contributed by atoms with van der Waals surface area (Å²) in [6, 6.07) is -2.64. The molecule has 0 fully saturated rings. The zero-order valence-electron chi connectivity index (χ0n) is 15.8. The number of carboxylic acid groups (broad SMARTS) is 3. The van der Waals surface area contributed by atoms with E-state index in [1.165, 1.54) is 12.5 Å². The van der Waals surface area contributed by atoms with Crippen LogP contribution >= 0.6 is 11.8 Å². The van der Waals surface area contributed by atoms with E-state index >= 15 is 0 Å². The molecule has 0 aliphatic heterocycles. The highest BCUT2D eigenvalue weighted by molar-refractivity contribution is 7.99. The van der Waals surface area contributed by atoms with Gasteiger partial charge in [0.1, 0.15) is 12.6 Å². The van der Waals surface area contributed by atoms with Crippen molar-refractivity contribution in [3.8, 4) is 0 Å². The first-order chi connectivity index (χ1) is 14.0. The van der Waals surface area contributed by atoms with Gasteiger partial charge in [0.25, 0.3) is 0 Å². The van der Waals surface area contributed by atoms with Crippen LogP contribution in [-0.2, 0) is 24.0 Å². The third-order valence-electron chi connectivity index (χ3n) is 3.87. The van der Waals surface area contributed by atoms with Crippen molar-refractivity contribution in [1.82, 2.24) is 14.9 Å². The summed E-state index contributed by atoms with van der Waals surface area (Å²) >= 11 is 1.03. The van der Waals surface area contributed by atoms with Crippen molar-refractivity contribution in [3.05, 3.63) is 18.2 Å². The van der Waals surface area contributed by atoms with Crippen molar-refractivity contribution in [3.63, 3.8) is 0 Å². The second kappa shape index (κ2) is 11.9. The molecule has 3 atom stereocenters. The molecule has 0 saturated carbocycles. The molecule has 8 N–H and O–H groups in total. The molecule has 13 nitrogen and oxygen atoms in total. The third kappa shape index (κ3) is 8.18. The van der Waals surface area contributed by atoms with Gasteiger partial charge in [-0.2, -0.15) is 0 Å². The minimum absolute atomic E-state index is 0.103. The predicted molar refractivity (Wildman–Crippen MR) is 103 cm³/mol. The van der Waals surface area contributed by atoms with E-state index in [4.69, 9.17) is 26.8 Å². The largest absolute Gasteiger partial charge is 0.481 e. The van der Waals surface area contributed by atoms with Gasteiger partial charge in [0.15, 0.2) is 0 Å². The van der Waals surface area contributed by atoms with Crippen LogP contribution in [0.15, 0.2) is 12.5 Å². The number of rotatable bonds is 13. The van der Waals surface area contributed by atoms with E-state index in [2.05, 4.69) is 9.97 Å². The molecular formula is C16H23N5O8S. The molecule has 0 radical (unpaired) electrons. The zero-order valence-corrected chi connectivity index (χ0v) is 16.6. The molecule has 0 aliphatic rings. The lowest BCUT2D eigenvalue weighted by molar-refractivity contribution is -0.153. The smallest absolute Gasteiger partial charge is 0.323 e. The van der Waals surface area contributed by atoms with Gasteiger partial charge in [0, 0.05) is 24.1 Å². The number of carbonyl (C=O) groups excluding carboxylic acids is 2. The molecule has 1 unspecified atom stereocenters. The molecule has 0 spiro atoms. The molecule has 2 amide bonds. The molecule has 30 heavy (non-hydrogen) atoms. The third-order valence-corrected chi connectivity index (χ3v) is 5.24. The van der Waals surface area contributed by atoms with Crippen molar-refractivity contribution < 1.29 is 39.3 Å².